The molecule has 2 aromatic rings. The highest BCUT2D eigenvalue weighted by atomic mass is 16.5. The van der Waals surface area contributed by atoms with E-state index in [1.165, 1.54) is 95.5 Å². The Morgan fingerprint density at radius 2 is 1.30 bits per heavy atom. The monoisotopic (exact) mass is 452 g/mol. The van der Waals surface area contributed by atoms with Gasteiger partial charge < -0.3 is 9.84 Å². The highest BCUT2D eigenvalue weighted by Crippen LogP contribution is 2.46. The molecule has 1 unspecified atom stereocenters. The summed E-state index contributed by atoms with van der Waals surface area (Å²) in [6.07, 6.45) is 22.7. The molecule has 0 saturated heterocycles. The van der Waals surface area contributed by atoms with Crippen molar-refractivity contribution >= 4 is 10.8 Å². The Morgan fingerprint density at radius 1 is 0.788 bits per heavy atom. The van der Waals surface area contributed by atoms with Gasteiger partial charge in [0.1, 0.15) is 17.1 Å². The molecule has 0 radical (unpaired) electrons. The molecule has 2 nitrogen and oxygen atoms in total. The van der Waals surface area contributed by atoms with E-state index < -0.39 is 0 Å². The lowest BCUT2D eigenvalue weighted by atomic mass is 9.85. The Kier molecular flexibility index (Phi) is 10.4. The summed E-state index contributed by atoms with van der Waals surface area (Å²) in [6.45, 7) is 6.61. The third-order valence-corrected chi connectivity index (χ3v) is 7.82. The molecule has 1 N–H and O–H groups in total. The molecule has 1 aliphatic heterocycles. The SMILES string of the molecule is CCCCCCCCCCCCCCCCC1(C)CCc2c(C)c(O)c3ccccc3c2O1. The molecule has 1 aliphatic rings. The average Bonchev–Trinajstić information content (AvgIpc) is 2.82. The number of fused-ring (bicyclic) bond motifs is 3. The van der Waals surface area contributed by atoms with Crippen LogP contribution in [0.5, 0.6) is 11.5 Å². The van der Waals surface area contributed by atoms with Crippen LogP contribution >= 0.6 is 0 Å². The number of phenols is 1. The van der Waals surface area contributed by atoms with Crippen LogP contribution < -0.4 is 4.74 Å². The van der Waals surface area contributed by atoms with Gasteiger partial charge in [0.05, 0.1) is 0 Å². The zero-order chi connectivity index (χ0) is 23.5. The first kappa shape index (κ1) is 25.9. The van der Waals surface area contributed by atoms with E-state index in [0.29, 0.717) is 5.75 Å². The molecular weight excluding hydrogens is 404 g/mol. The number of aromatic hydroxyl groups is 1. The molecule has 0 amide bonds. The first-order valence-corrected chi connectivity index (χ1v) is 14.0. The summed E-state index contributed by atoms with van der Waals surface area (Å²) in [5.41, 5.74) is 2.10. The van der Waals surface area contributed by atoms with Crippen LogP contribution in [0, 0.1) is 6.92 Å². The number of benzene rings is 2. The standard InChI is InChI=1S/C31H48O2/c1-4-5-6-7-8-9-10-11-12-13-14-15-16-19-23-31(3)24-22-26-25(2)29(32)27-20-17-18-21-28(27)30(26)33-31/h17-18,20-21,32H,4-16,19,22-24H2,1-3H3. The van der Waals surface area contributed by atoms with Crippen LogP contribution in [-0.2, 0) is 6.42 Å². The van der Waals surface area contributed by atoms with E-state index in [2.05, 4.69) is 19.9 Å². The van der Waals surface area contributed by atoms with Crippen LogP contribution in [0.2, 0.25) is 0 Å². The van der Waals surface area contributed by atoms with Crippen molar-refractivity contribution in [2.24, 2.45) is 0 Å². The van der Waals surface area contributed by atoms with Crippen molar-refractivity contribution < 1.29 is 9.84 Å². The summed E-state index contributed by atoms with van der Waals surface area (Å²) >= 11 is 0. The van der Waals surface area contributed by atoms with Crippen molar-refractivity contribution in [3.05, 3.63) is 35.4 Å². The van der Waals surface area contributed by atoms with Crippen LogP contribution in [-0.4, -0.2) is 10.7 Å². The Balaban J connectivity index is 1.32. The first-order chi connectivity index (χ1) is 16.1. The van der Waals surface area contributed by atoms with Gasteiger partial charge in [0.15, 0.2) is 0 Å². The molecule has 2 aromatic carbocycles. The molecule has 3 rings (SSSR count). The Morgan fingerprint density at radius 3 is 1.88 bits per heavy atom. The molecule has 0 fully saturated rings. The van der Waals surface area contributed by atoms with Crippen LogP contribution in [0.1, 0.15) is 128 Å². The molecule has 0 aliphatic carbocycles. The smallest absolute Gasteiger partial charge is 0.131 e. The summed E-state index contributed by atoms with van der Waals surface area (Å²) in [7, 11) is 0. The van der Waals surface area contributed by atoms with Crippen LogP contribution in [0.15, 0.2) is 24.3 Å². The summed E-state index contributed by atoms with van der Waals surface area (Å²) in [5.74, 6) is 1.43. The van der Waals surface area contributed by atoms with Gasteiger partial charge in [-0.15, -0.1) is 0 Å². The summed E-state index contributed by atoms with van der Waals surface area (Å²) in [4.78, 5) is 0. The summed E-state index contributed by atoms with van der Waals surface area (Å²) < 4.78 is 6.67. The molecule has 0 spiro atoms. The number of ether oxygens (including phenoxy) is 1. The van der Waals surface area contributed by atoms with E-state index in [4.69, 9.17) is 4.74 Å². The Hall–Kier alpha value is -1.70. The van der Waals surface area contributed by atoms with Gasteiger partial charge in [-0.1, -0.05) is 115 Å². The maximum atomic E-state index is 10.6. The van der Waals surface area contributed by atoms with E-state index >= 15 is 0 Å². The van der Waals surface area contributed by atoms with Crippen molar-refractivity contribution in [1.82, 2.24) is 0 Å². The summed E-state index contributed by atoms with van der Waals surface area (Å²) in [5, 5.41) is 12.6. The number of hydrogen-bond donors (Lipinski definition) is 1. The largest absolute Gasteiger partial charge is 0.507 e. The van der Waals surface area contributed by atoms with Gasteiger partial charge >= 0.3 is 0 Å². The number of rotatable bonds is 15. The van der Waals surface area contributed by atoms with E-state index in [9.17, 15) is 5.11 Å². The van der Waals surface area contributed by atoms with Crippen molar-refractivity contribution in [2.75, 3.05) is 0 Å². The van der Waals surface area contributed by atoms with E-state index in [1.807, 2.05) is 25.1 Å². The maximum Gasteiger partial charge on any atom is 0.131 e. The van der Waals surface area contributed by atoms with Gasteiger partial charge in [0, 0.05) is 16.3 Å². The minimum absolute atomic E-state index is 0.0870. The second-order valence-corrected chi connectivity index (χ2v) is 10.7. The van der Waals surface area contributed by atoms with Gasteiger partial charge in [0.2, 0.25) is 0 Å². The minimum Gasteiger partial charge on any atom is -0.507 e. The molecule has 184 valence electrons. The van der Waals surface area contributed by atoms with Crippen LogP contribution in [0.4, 0.5) is 0 Å². The molecule has 1 heterocycles. The fourth-order valence-corrected chi connectivity index (χ4v) is 5.54. The Bertz CT molecular complexity index is 856. The molecule has 1 atom stereocenters. The molecule has 0 saturated carbocycles. The third-order valence-electron chi connectivity index (χ3n) is 7.82. The van der Waals surface area contributed by atoms with Crippen molar-refractivity contribution in [1.29, 1.82) is 0 Å². The molecule has 0 aromatic heterocycles. The van der Waals surface area contributed by atoms with E-state index in [-0.39, 0.29) is 5.60 Å². The van der Waals surface area contributed by atoms with E-state index in [1.54, 1.807) is 0 Å². The number of unbranched alkanes of at least 4 members (excludes halogenated alkanes) is 13. The maximum absolute atomic E-state index is 10.6. The fraction of sp³-hybridized carbons (Fsp3) is 0.677. The quantitative estimate of drug-likeness (QED) is 0.272. The van der Waals surface area contributed by atoms with Gasteiger partial charge in [0.25, 0.3) is 0 Å². The second-order valence-electron chi connectivity index (χ2n) is 10.7. The van der Waals surface area contributed by atoms with Gasteiger partial charge in [-0.2, -0.15) is 0 Å². The lowest BCUT2D eigenvalue weighted by molar-refractivity contribution is 0.0550. The van der Waals surface area contributed by atoms with Gasteiger partial charge in [-0.25, -0.2) is 0 Å². The third kappa shape index (κ3) is 7.39. The van der Waals surface area contributed by atoms with Crippen LogP contribution in [0.25, 0.3) is 10.8 Å². The van der Waals surface area contributed by atoms with Crippen LogP contribution in [0.3, 0.4) is 0 Å². The average molecular weight is 453 g/mol. The molecule has 33 heavy (non-hydrogen) atoms. The van der Waals surface area contributed by atoms with Crippen molar-refractivity contribution in [3.8, 4) is 11.5 Å². The topological polar surface area (TPSA) is 29.5 Å². The fourth-order valence-electron chi connectivity index (χ4n) is 5.54. The zero-order valence-electron chi connectivity index (χ0n) is 21.7. The highest BCUT2D eigenvalue weighted by molar-refractivity contribution is 5.95. The molecular formula is C31H48O2. The second kappa shape index (κ2) is 13.3. The van der Waals surface area contributed by atoms with E-state index in [0.717, 1.165) is 41.3 Å². The normalized spacial score (nSPS) is 17.8. The minimum atomic E-state index is -0.0870. The predicted molar refractivity (Wildman–Crippen MR) is 143 cm³/mol. The predicted octanol–water partition coefficient (Wildman–Crippen LogP) is 9.81. The zero-order valence-corrected chi connectivity index (χ0v) is 21.7. The molecule has 2 heteroatoms. The lowest BCUT2D eigenvalue weighted by Gasteiger charge is -2.37. The molecule has 0 bridgehead atoms. The highest BCUT2D eigenvalue weighted by Gasteiger charge is 2.33. The van der Waals surface area contributed by atoms with Gasteiger partial charge in [-0.3, -0.25) is 0 Å². The first-order valence-electron chi connectivity index (χ1n) is 14.0. The number of hydrogen-bond acceptors (Lipinski definition) is 2. The van der Waals surface area contributed by atoms with Gasteiger partial charge in [-0.05, 0) is 45.1 Å². The van der Waals surface area contributed by atoms with Crippen molar-refractivity contribution in [2.45, 2.75) is 136 Å². The number of phenolic OH excluding ortho intramolecular Hbond substituents is 1. The van der Waals surface area contributed by atoms with Crippen molar-refractivity contribution in [3.63, 3.8) is 0 Å². The Labute approximate surface area is 203 Å². The lowest BCUT2D eigenvalue weighted by Crippen LogP contribution is -2.36. The summed E-state index contributed by atoms with van der Waals surface area (Å²) in [6, 6.07) is 8.12.